The molecule has 0 fully saturated rings. The summed E-state index contributed by atoms with van der Waals surface area (Å²) < 4.78 is 39.5. The molecule has 0 amide bonds. The Balaban J connectivity index is 2.97. The molecule has 4 N–H and O–H groups in total. The van der Waals surface area contributed by atoms with Crippen molar-refractivity contribution in [3.05, 3.63) is 24.0 Å². The van der Waals surface area contributed by atoms with Gasteiger partial charge in [0.25, 0.3) is 0 Å². The number of hydrogen-bond acceptors (Lipinski definition) is 4. The van der Waals surface area contributed by atoms with Crippen LogP contribution in [0, 0.1) is 5.82 Å². The molecule has 0 aromatic heterocycles. The standard InChI is InChI=1S/C11H17FN2O3S/c1-7(6-8(2)15)14-18(16,17)10-5-3-4-9(12)11(10)13/h3-5,7-8,14-15H,6,13H2,1-2H3. The first-order chi connectivity index (χ1) is 8.24. The van der Waals surface area contributed by atoms with E-state index < -0.39 is 33.7 Å². The van der Waals surface area contributed by atoms with E-state index in [1.54, 1.807) is 13.8 Å². The quantitative estimate of drug-likeness (QED) is 0.695. The molecule has 2 atom stereocenters. The van der Waals surface area contributed by atoms with Crippen LogP contribution >= 0.6 is 0 Å². The number of aliphatic hydroxyl groups is 1. The van der Waals surface area contributed by atoms with Gasteiger partial charge in [-0.2, -0.15) is 0 Å². The highest BCUT2D eigenvalue weighted by Gasteiger charge is 2.22. The smallest absolute Gasteiger partial charge is 0.242 e. The molecule has 0 heterocycles. The van der Waals surface area contributed by atoms with Gasteiger partial charge in [0, 0.05) is 6.04 Å². The molecule has 1 aromatic carbocycles. The van der Waals surface area contributed by atoms with Gasteiger partial charge >= 0.3 is 0 Å². The van der Waals surface area contributed by atoms with Crippen LogP contribution in [0.25, 0.3) is 0 Å². The van der Waals surface area contributed by atoms with Gasteiger partial charge in [0.15, 0.2) is 0 Å². The summed E-state index contributed by atoms with van der Waals surface area (Å²) in [7, 11) is -3.88. The SMILES string of the molecule is CC(O)CC(C)NS(=O)(=O)c1cccc(F)c1N. The fourth-order valence-corrected chi connectivity index (χ4v) is 3.04. The third-order valence-electron chi connectivity index (χ3n) is 2.35. The van der Waals surface area contributed by atoms with Crippen LogP contribution in [-0.4, -0.2) is 25.7 Å². The molecule has 1 aromatic rings. The van der Waals surface area contributed by atoms with Crippen molar-refractivity contribution in [1.82, 2.24) is 4.72 Å². The first-order valence-corrected chi connectivity index (χ1v) is 6.96. The maximum atomic E-state index is 13.2. The van der Waals surface area contributed by atoms with Crippen LogP contribution in [0.2, 0.25) is 0 Å². The van der Waals surface area contributed by atoms with Gasteiger partial charge in [0.1, 0.15) is 10.7 Å². The molecule has 0 saturated carbocycles. The largest absolute Gasteiger partial charge is 0.395 e. The topological polar surface area (TPSA) is 92.4 Å². The fourth-order valence-electron chi connectivity index (χ4n) is 1.64. The van der Waals surface area contributed by atoms with Crippen molar-refractivity contribution in [3.8, 4) is 0 Å². The van der Waals surface area contributed by atoms with Gasteiger partial charge in [-0.1, -0.05) is 6.07 Å². The Morgan fingerprint density at radius 2 is 2.06 bits per heavy atom. The molecule has 0 spiro atoms. The molecule has 102 valence electrons. The van der Waals surface area contributed by atoms with Gasteiger partial charge in [-0.05, 0) is 32.4 Å². The number of rotatable bonds is 5. The number of sulfonamides is 1. The zero-order chi connectivity index (χ0) is 13.9. The molecule has 1 rings (SSSR count). The first kappa shape index (κ1) is 14.9. The Hall–Kier alpha value is -1.18. The van der Waals surface area contributed by atoms with Crippen LogP contribution in [-0.2, 0) is 10.0 Å². The number of nitrogens with two attached hydrogens (primary N) is 1. The molecule has 0 saturated heterocycles. The molecule has 0 aliphatic carbocycles. The predicted octanol–water partition coefficient (Wildman–Crippen LogP) is 0.846. The number of para-hydroxylation sites is 1. The van der Waals surface area contributed by atoms with E-state index in [1.165, 1.54) is 12.1 Å². The van der Waals surface area contributed by atoms with Crippen LogP contribution in [0.5, 0.6) is 0 Å². The van der Waals surface area contributed by atoms with Crippen molar-refractivity contribution in [2.45, 2.75) is 37.3 Å². The molecule has 5 nitrogen and oxygen atoms in total. The second kappa shape index (κ2) is 5.64. The fraction of sp³-hybridized carbons (Fsp3) is 0.455. The predicted molar refractivity (Wildman–Crippen MR) is 66.9 cm³/mol. The van der Waals surface area contributed by atoms with Gasteiger partial charge in [-0.15, -0.1) is 0 Å². The van der Waals surface area contributed by atoms with E-state index in [0.717, 1.165) is 6.07 Å². The van der Waals surface area contributed by atoms with E-state index in [1.807, 2.05) is 0 Å². The van der Waals surface area contributed by atoms with Crippen LogP contribution in [0.3, 0.4) is 0 Å². The minimum atomic E-state index is -3.88. The van der Waals surface area contributed by atoms with E-state index in [-0.39, 0.29) is 11.3 Å². The molecule has 0 aliphatic rings. The summed E-state index contributed by atoms with van der Waals surface area (Å²) in [5.41, 5.74) is 4.99. The average molecular weight is 276 g/mol. The number of benzene rings is 1. The molecule has 0 aliphatic heterocycles. The van der Waals surface area contributed by atoms with Crippen molar-refractivity contribution < 1.29 is 17.9 Å². The summed E-state index contributed by atoms with van der Waals surface area (Å²) in [5.74, 6) is -0.777. The monoisotopic (exact) mass is 276 g/mol. The second-order valence-corrected chi connectivity index (χ2v) is 5.94. The number of nitrogen functional groups attached to an aromatic ring is 1. The number of aliphatic hydroxyl groups excluding tert-OH is 1. The first-order valence-electron chi connectivity index (χ1n) is 5.48. The molecule has 0 radical (unpaired) electrons. The number of hydrogen-bond donors (Lipinski definition) is 3. The Morgan fingerprint density at radius 1 is 1.44 bits per heavy atom. The Bertz CT molecular complexity index is 517. The van der Waals surface area contributed by atoms with Crippen molar-refractivity contribution in [3.63, 3.8) is 0 Å². The van der Waals surface area contributed by atoms with E-state index in [0.29, 0.717) is 0 Å². The third-order valence-corrected chi connectivity index (χ3v) is 4.00. The lowest BCUT2D eigenvalue weighted by atomic mass is 10.2. The Kier molecular flexibility index (Phi) is 4.66. The van der Waals surface area contributed by atoms with Gasteiger partial charge < -0.3 is 10.8 Å². The summed E-state index contributed by atoms with van der Waals surface area (Å²) in [4.78, 5) is -0.292. The average Bonchev–Trinajstić information content (AvgIpc) is 2.19. The summed E-state index contributed by atoms with van der Waals surface area (Å²) >= 11 is 0. The van der Waals surface area contributed by atoms with Gasteiger partial charge in [-0.25, -0.2) is 17.5 Å². The summed E-state index contributed by atoms with van der Waals surface area (Å²) in [6, 6.07) is 3.13. The van der Waals surface area contributed by atoms with Gasteiger partial charge in [0.2, 0.25) is 10.0 Å². The number of halogens is 1. The number of anilines is 1. The van der Waals surface area contributed by atoms with Crippen molar-refractivity contribution >= 4 is 15.7 Å². The minimum absolute atomic E-state index is 0.258. The van der Waals surface area contributed by atoms with Gasteiger partial charge in [-0.3, -0.25) is 0 Å². The van der Waals surface area contributed by atoms with Crippen molar-refractivity contribution in [2.24, 2.45) is 0 Å². The zero-order valence-corrected chi connectivity index (χ0v) is 11.0. The molecular formula is C11H17FN2O3S. The second-order valence-electron chi connectivity index (χ2n) is 4.26. The Labute approximate surface area is 106 Å². The molecular weight excluding hydrogens is 259 g/mol. The highest BCUT2D eigenvalue weighted by atomic mass is 32.2. The van der Waals surface area contributed by atoms with Crippen molar-refractivity contribution in [2.75, 3.05) is 5.73 Å². The van der Waals surface area contributed by atoms with Crippen LogP contribution in [0.15, 0.2) is 23.1 Å². The van der Waals surface area contributed by atoms with E-state index >= 15 is 0 Å². The van der Waals surface area contributed by atoms with E-state index in [9.17, 15) is 12.8 Å². The van der Waals surface area contributed by atoms with E-state index in [2.05, 4.69) is 4.72 Å². The normalized spacial score (nSPS) is 15.3. The third kappa shape index (κ3) is 3.66. The lowest BCUT2D eigenvalue weighted by molar-refractivity contribution is 0.175. The highest BCUT2D eigenvalue weighted by molar-refractivity contribution is 7.89. The lowest BCUT2D eigenvalue weighted by Gasteiger charge is -2.16. The molecule has 7 heteroatoms. The van der Waals surface area contributed by atoms with Crippen LogP contribution in [0.4, 0.5) is 10.1 Å². The molecule has 0 bridgehead atoms. The van der Waals surface area contributed by atoms with Crippen LogP contribution in [0.1, 0.15) is 20.3 Å². The highest BCUT2D eigenvalue weighted by Crippen LogP contribution is 2.21. The molecule has 18 heavy (non-hydrogen) atoms. The maximum Gasteiger partial charge on any atom is 0.242 e. The van der Waals surface area contributed by atoms with Crippen LogP contribution < -0.4 is 10.5 Å². The summed E-state index contributed by atoms with van der Waals surface area (Å²) in [6.07, 6.45) is -0.374. The Morgan fingerprint density at radius 3 is 2.61 bits per heavy atom. The summed E-state index contributed by atoms with van der Waals surface area (Å²) in [5, 5.41) is 9.17. The molecule has 2 unspecified atom stereocenters. The summed E-state index contributed by atoms with van der Waals surface area (Å²) in [6.45, 7) is 3.17. The van der Waals surface area contributed by atoms with Crippen molar-refractivity contribution in [1.29, 1.82) is 0 Å². The minimum Gasteiger partial charge on any atom is -0.395 e. The maximum absolute atomic E-state index is 13.2. The number of nitrogens with one attached hydrogen (secondary N) is 1. The van der Waals surface area contributed by atoms with Gasteiger partial charge in [0.05, 0.1) is 11.8 Å². The van der Waals surface area contributed by atoms with E-state index in [4.69, 9.17) is 10.8 Å². The zero-order valence-electron chi connectivity index (χ0n) is 10.2. The lowest BCUT2D eigenvalue weighted by Crippen LogP contribution is -2.35.